The van der Waals surface area contributed by atoms with Gasteiger partial charge in [0.15, 0.2) is 0 Å². The Morgan fingerprint density at radius 2 is 1.58 bits per heavy atom. The molecule has 1 fully saturated rings. The van der Waals surface area contributed by atoms with Crippen LogP contribution in [0.5, 0.6) is 0 Å². The minimum absolute atomic E-state index is 0.0593. The molecule has 5 nitrogen and oxygen atoms in total. The molecule has 198 valence electrons. The third-order valence-corrected chi connectivity index (χ3v) is 8.80. The average molecular weight is 510 g/mol. The van der Waals surface area contributed by atoms with Crippen LogP contribution in [0.2, 0.25) is 0 Å². The largest absolute Gasteiger partial charge is 0.381 e. The first-order valence-corrected chi connectivity index (χ1v) is 13.9. The normalized spacial score (nSPS) is 22.6. The molecule has 2 amide bonds. The van der Waals surface area contributed by atoms with Gasteiger partial charge in [-0.1, -0.05) is 82.3 Å². The molecule has 3 atom stereocenters. The number of imide groups is 1. The standard InChI is InChI=1S/C33H39N3O2/c1-23(2)30(36-31(37)28-15-8-9-16-29(28)32(36)38)22-35-18-17-33(4,24(3)21-35)26-13-10-14-27(19-26)34-20-25-11-6-5-7-12-25/h5-16,19,23-24,30,34H,17-18,20-22H2,1-4H3/t24-,30+,33+/m0/s1. The van der Waals surface area contributed by atoms with Crippen LogP contribution in [-0.2, 0) is 12.0 Å². The van der Waals surface area contributed by atoms with Crippen LogP contribution < -0.4 is 5.32 Å². The summed E-state index contributed by atoms with van der Waals surface area (Å²) in [4.78, 5) is 30.4. The van der Waals surface area contributed by atoms with Gasteiger partial charge in [-0.25, -0.2) is 0 Å². The summed E-state index contributed by atoms with van der Waals surface area (Å²) in [6.45, 7) is 12.3. The van der Waals surface area contributed by atoms with Crippen LogP contribution >= 0.6 is 0 Å². The molecule has 1 N–H and O–H groups in total. The van der Waals surface area contributed by atoms with Crippen molar-refractivity contribution < 1.29 is 9.59 Å². The van der Waals surface area contributed by atoms with Gasteiger partial charge in [0, 0.05) is 25.3 Å². The van der Waals surface area contributed by atoms with Crippen molar-refractivity contribution in [2.75, 3.05) is 25.0 Å². The van der Waals surface area contributed by atoms with Crippen molar-refractivity contribution in [2.45, 2.75) is 52.1 Å². The molecule has 0 spiro atoms. The molecule has 5 heteroatoms. The zero-order chi connectivity index (χ0) is 26.9. The summed E-state index contributed by atoms with van der Waals surface area (Å²) in [5, 5.41) is 3.59. The Morgan fingerprint density at radius 3 is 2.21 bits per heavy atom. The van der Waals surface area contributed by atoms with Crippen LogP contribution in [0.1, 0.15) is 66.0 Å². The SMILES string of the molecule is CC(C)[C@@H](CN1CC[C@@](C)(c2cccc(NCc3ccccc3)c2)[C@@H](C)C1)N1C(=O)c2ccccc2C1=O. The minimum atomic E-state index is -0.154. The van der Waals surface area contributed by atoms with Gasteiger partial charge in [0.1, 0.15) is 0 Å². The zero-order valence-electron chi connectivity index (χ0n) is 23.0. The second-order valence-electron chi connectivity index (χ2n) is 11.6. The van der Waals surface area contributed by atoms with Crippen molar-refractivity contribution in [3.8, 4) is 0 Å². The van der Waals surface area contributed by atoms with Gasteiger partial charge in [-0.05, 0) is 65.6 Å². The van der Waals surface area contributed by atoms with Gasteiger partial charge >= 0.3 is 0 Å². The van der Waals surface area contributed by atoms with Crippen LogP contribution in [0.15, 0.2) is 78.9 Å². The lowest BCUT2D eigenvalue weighted by Crippen LogP contribution is -2.54. The molecule has 2 aliphatic rings. The second kappa shape index (κ2) is 10.7. The number of carbonyl (C=O) groups excluding carboxylic acids is 2. The first-order chi connectivity index (χ1) is 18.3. The minimum Gasteiger partial charge on any atom is -0.381 e. The maximum absolute atomic E-state index is 13.2. The van der Waals surface area contributed by atoms with Gasteiger partial charge in [-0.2, -0.15) is 0 Å². The summed E-state index contributed by atoms with van der Waals surface area (Å²) in [7, 11) is 0. The number of likely N-dealkylation sites (tertiary alicyclic amines) is 1. The first-order valence-electron chi connectivity index (χ1n) is 13.9. The fraction of sp³-hybridized carbons (Fsp3) is 0.394. The molecule has 3 aromatic carbocycles. The van der Waals surface area contributed by atoms with Crippen LogP contribution in [-0.4, -0.2) is 47.3 Å². The Hall–Kier alpha value is -3.44. The number of benzene rings is 3. The Kier molecular flexibility index (Phi) is 7.40. The lowest BCUT2D eigenvalue weighted by Gasteiger charge is -2.46. The Morgan fingerprint density at radius 1 is 0.921 bits per heavy atom. The summed E-state index contributed by atoms with van der Waals surface area (Å²) >= 11 is 0. The third-order valence-electron chi connectivity index (χ3n) is 8.80. The Bertz CT molecular complexity index is 1270. The highest BCUT2D eigenvalue weighted by molar-refractivity contribution is 6.21. The molecule has 0 aromatic heterocycles. The molecule has 3 aromatic rings. The van der Waals surface area contributed by atoms with Gasteiger partial charge in [-0.15, -0.1) is 0 Å². The number of hydrogen-bond donors (Lipinski definition) is 1. The van der Waals surface area contributed by atoms with Crippen molar-refractivity contribution in [3.05, 3.63) is 101 Å². The molecular weight excluding hydrogens is 470 g/mol. The highest BCUT2D eigenvalue weighted by Gasteiger charge is 2.43. The van der Waals surface area contributed by atoms with Crippen LogP contribution in [0.25, 0.3) is 0 Å². The van der Waals surface area contributed by atoms with Crippen molar-refractivity contribution in [1.29, 1.82) is 0 Å². The van der Waals surface area contributed by atoms with Crippen LogP contribution in [0.4, 0.5) is 5.69 Å². The lowest BCUT2D eigenvalue weighted by molar-refractivity contribution is 0.0402. The first kappa shape index (κ1) is 26.2. The third kappa shape index (κ3) is 5.00. The number of fused-ring (bicyclic) bond motifs is 1. The molecule has 1 saturated heterocycles. The lowest BCUT2D eigenvalue weighted by atomic mass is 9.68. The maximum atomic E-state index is 13.2. The van der Waals surface area contributed by atoms with E-state index in [0.717, 1.165) is 31.7 Å². The number of nitrogens with zero attached hydrogens (tertiary/aromatic N) is 2. The van der Waals surface area contributed by atoms with E-state index >= 15 is 0 Å². The summed E-state index contributed by atoms with van der Waals surface area (Å²) in [6, 6.07) is 26.4. The molecule has 0 aliphatic carbocycles. The number of hydrogen-bond acceptors (Lipinski definition) is 4. The number of anilines is 1. The quantitative estimate of drug-likeness (QED) is 0.366. The van der Waals surface area contributed by atoms with E-state index in [1.807, 2.05) is 18.2 Å². The average Bonchev–Trinajstić information content (AvgIpc) is 3.18. The molecular formula is C33H39N3O2. The van der Waals surface area contributed by atoms with E-state index in [1.165, 1.54) is 16.0 Å². The van der Waals surface area contributed by atoms with E-state index in [-0.39, 0.29) is 29.2 Å². The molecule has 0 bridgehead atoms. The van der Waals surface area contributed by atoms with Crippen molar-refractivity contribution in [3.63, 3.8) is 0 Å². The molecule has 5 rings (SSSR count). The summed E-state index contributed by atoms with van der Waals surface area (Å²) in [5.74, 6) is 0.293. The van der Waals surface area contributed by atoms with Gasteiger partial charge in [0.2, 0.25) is 0 Å². The number of amides is 2. The fourth-order valence-corrected chi connectivity index (χ4v) is 6.06. The summed E-state index contributed by atoms with van der Waals surface area (Å²) < 4.78 is 0. The molecule has 0 saturated carbocycles. The van der Waals surface area contributed by atoms with Crippen LogP contribution in [0, 0.1) is 11.8 Å². The summed E-state index contributed by atoms with van der Waals surface area (Å²) in [5.41, 5.74) is 4.90. The van der Waals surface area contributed by atoms with Crippen molar-refractivity contribution >= 4 is 17.5 Å². The predicted octanol–water partition coefficient (Wildman–Crippen LogP) is 6.22. The molecule has 2 heterocycles. The summed E-state index contributed by atoms with van der Waals surface area (Å²) in [6.07, 6.45) is 1.03. The van der Waals surface area contributed by atoms with E-state index in [2.05, 4.69) is 86.4 Å². The molecule has 38 heavy (non-hydrogen) atoms. The number of piperidine rings is 1. The predicted molar refractivity (Wildman–Crippen MR) is 153 cm³/mol. The molecule has 0 unspecified atom stereocenters. The van der Waals surface area contributed by atoms with E-state index in [0.29, 0.717) is 23.6 Å². The topological polar surface area (TPSA) is 52.6 Å². The van der Waals surface area contributed by atoms with E-state index in [9.17, 15) is 9.59 Å². The number of rotatable bonds is 8. The fourth-order valence-electron chi connectivity index (χ4n) is 6.06. The van der Waals surface area contributed by atoms with Crippen molar-refractivity contribution in [2.24, 2.45) is 11.8 Å². The van der Waals surface area contributed by atoms with Gasteiger partial charge in [-0.3, -0.25) is 14.5 Å². The Labute approximate surface area is 226 Å². The smallest absolute Gasteiger partial charge is 0.261 e. The van der Waals surface area contributed by atoms with Gasteiger partial charge in [0.05, 0.1) is 17.2 Å². The second-order valence-corrected chi connectivity index (χ2v) is 11.6. The Balaban J connectivity index is 1.26. The van der Waals surface area contributed by atoms with Gasteiger partial charge < -0.3 is 10.2 Å². The van der Waals surface area contributed by atoms with E-state index in [1.54, 1.807) is 12.1 Å². The molecule has 0 radical (unpaired) electrons. The van der Waals surface area contributed by atoms with Crippen molar-refractivity contribution in [1.82, 2.24) is 9.80 Å². The number of carbonyl (C=O) groups is 2. The van der Waals surface area contributed by atoms with E-state index < -0.39 is 0 Å². The highest BCUT2D eigenvalue weighted by atomic mass is 16.2. The number of nitrogens with one attached hydrogen (secondary N) is 1. The monoisotopic (exact) mass is 509 g/mol. The maximum Gasteiger partial charge on any atom is 0.261 e. The van der Waals surface area contributed by atoms with Crippen LogP contribution in [0.3, 0.4) is 0 Å². The zero-order valence-corrected chi connectivity index (χ0v) is 23.0. The van der Waals surface area contributed by atoms with Gasteiger partial charge in [0.25, 0.3) is 11.8 Å². The van der Waals surface area contributed by atoms with E-state index in [4.69, 9.17) is 0 Å². The molecule has 2 aliphatic heterocycles. The highest BCUT2D eigenvalue weighted by Crippen LogP contribution is 2.40.